The third-order valence-electron chi connectivity index (χ3n) is 3.20. The van der Waals surface area contributed by atoms with Crippen LogP contribution in [0.1, 0.15) is 11.1 Å². The third-order valence-corrected chi connectivity index (χ3v) is 3.44. The van der Waals surface area contributed by atoms with Crippen molar-refractivity contribution in [3.8, 4) is 0 Å². The van der Waals surface area contributed by atoms with Gasteiger partial charge >= 0.3 is 5.97 Å². The van der Waals surface area contributed by atoms with Gasteiger partial charge in [0.1, 0.15) is 11.6 Å². The Morgan fingerprint density at radius 2 is 1.90 bits per heavy atom. The number of carboxylic acids is 1. The van der Waals surface area contributed by atoms with E-state index in [0.29, 0.717) is 5.56 Å². The molecule has 0 aromatic heterocycles. The number of hydrogen-bond donors (Lipinski definition) is 1. The van der Waals surface area contributed by atoms with Crippen LogP contribution in [0, 0.1) is 17.6 Å². The van der Waals surface area contributed by atoms with Crippen LogP contribution in [0.3, 0.4) is 0 Å². The number of benzene rings is 2. The second-order valence-corrected chi connectivity index (χ2v) is 5.25. The van der Waals surface area contributed by atoms with Crippen LogP contribution in [0.4, 0.5) is 8.78 Å². The summed E-state index contributed by atoms with van der Waals surface area (Å²) in [7, 11) is 0. The number of carboxylic acid groups (broad SMARTS) is 1. The molecule has 1 N–H and O–H groups in total. The largest absolute Gasteiger partial charge is 0.481 e. The van der Waals surface area contributed by atoms with Gasteiger partial charge in [0.2, 0.25) is 0 Å². The van der Waals surface area contributed by atoms with Crippen LogP contribution < -0.4 is 0 Å². The molecule has 0 amide bonds. The fraction of sp³-hybridized carbons (Fsp3) is 0.188. The Labute approximate surface area is 126 Å². The van der Waals surface area contributed by atoms with Crippen LogP contribution in [0.15, 0.2) is 42.5 Å². The van der Waals surface area contributed by atoms with E-state index in [0.717, 1.165) is 6.07 Å². The second-order valence-electron chi connectivity index (χ2n) is 4.81. The van der Waals surface area contributed by atoms with Crippen molar-refractivity contribution in [2.75, 3.05) is 0 Å². The van der Waals surface area contributed by atoms with Gasteiger partial charge in [-0.25, -0.2) is 8.78 Å². The summed E-state index contributed by atoms with van der Waals surface area (Å²) in [6.45, 7) is 0. The maximum Gasteiger partial charge on any atom is 0.307 e. The monoisotopic (exact) mass is 310 g/mol. The lowest BCUT2D eigenvalue weighted by Gasteiger charge is -2.13. The van der Waals surface area contributed by atoms with Crippen molar-refractivity contribution in [2.45, 2.75) is 12.8 Å². The molecule has 0 saturated heterocycles. The van der Waals surface area contributed by atoms with E-state index in [-0.39, 0.29) is 23.4 Å². The molecule has 0 fully saturated rings. The number of carbonyl (C=O) groups is 1. The highest BCUT2D eigenvalue weighted by atomic mass is 35.5. The Kier molecular flexibility index (Phi) is 4.91. The first kappa shape index (κ1) is 15.4. The molecule has 0 spiro atoms. The van der Waals surface area contributed by atoms with Gasteiger partial charge in [-0.2, -0.15) is 0 Å². The van der Waals surface area contributed by atoms with Gasteiger partial charge in [0.15, 0.2) is 0 Å². The molecule has 2 aromatic carbocycles. The Morgan fingerprint density at radius 1 is 1.14 bits per heavy atom. The van der Waals surface area contributed by atoms with Gasteiger partial charge in [-0.1, -0.05) is 29.8 Å². The van der Waals surface area contributed by atoms with E-state index in [4.69, 9.17) is 11.6 Å². The van der Waals surface area contributed by atoms with Crippen LogP contribution >= 0.6 is 11.6 Å². The summed E-state index contributed by atoms with van der Waals surface area (Å²) >= 11 is 5.67. The van der Waals surface area contributed by atoms with Crippen molar-refractivity contribution in [1.29, 1.82) is 0 Å². The molecule has 0 saturated carbocycles. The van der Waals surface area contributed by atoms with Crippen LogP contribution in [0.2, 0.25) is 5.02 Å². The Bertz CT molecular complexity index is 658. The second kappa shape index (κ2) is 6.68. The van der Waals surface area contributed by atoms with Crippen molar-refractivity contribution in [3.05, 3.63) is 70.2 Å². The molecule has 2 rings (SSSR count). The summed E-state index contributed by atoms with van der Waals surface area (Å²) in [5.74, 6) is -2.83. The minimum absolute atomic E-state index is 0.0227. The minimum atomic E-state index is -1.05. The molecule has 2 aromatic rings. The van der Waals surface area contributed by atoms with Crippen molar-refractivity contribution >= 4 is 17.6 Å². The van der Waals surface area contributed by atoms with Crippen LogP contribution in [0.5, 0.6) is 0 Å². The van der Waals surface area contributed by atoms with E-state index in [1.54, 1.807) is 6.07 Å². The zero-order chi connectivity index (χ0) is 15.4. The van der Waals surface area contributed by atoms with Crippen LogP contribution in [-0.4, -0.2) is 11.1 Å². The molecule has 0 radical (unpaired) electrons. The predicted molar refractivity (Wildman–Crippen MR) is 76.3 cm³/mol. The zero-order valence-electron chi connectivity index (χ0n) is 11.0. The van der Waals surface area contributed by atoms with E-state index >= 15 is 0 Å². The summed E-state index contributed by atoms with van der Waals surface area (Å²) in [5, 5.41) is 9.53. The molecule has 0 heterocycles. The number of halogens is 3. The molecule has 1 unspecified atom stereocenters. The van der Waals surface area contributed by atoms with E-state index in [2.05, 4.69) is 0 Å². The molecule has 1 atom stereocenters. The smallest absolute Gasteiger partial charge is 0.307 e. The Morgan fingerprint density at radius 3 is 2.52 bits per heavy atom. The quantitative estimate of drug-likeness (QED) is 0.902. The van der Waals surface area contributed by atoms with Crippen molar-refractivity contribution in [2.24, 2.45) is 5.92 Å². The first-order chi connectivity index (χ1) is 9.95. The minimum Gasteiger partial charge on any atom is -0.481 e. The number of hydrogen-bond acceptors (Lipinski definition) is 1. The van der Waals surface area contributed by atoms with Crippen molar-refractivity contribution in [1.82, 2.24) is 0 Å². The molecule has 2 nitrogen and oxygen atoms in total. The highest BCUT2D eigenvalue weighted by molar-refractivity contribution is 6.30. The normalized spacial score (nSPS) is 12.1. The Balaban J connectivity index is 2.18. The molecule has 5 heteroatoms. The highest BCUT2D eigenvalue weighted by Crippen LogP contribution is 2.20. The van der Waals surface area contributed by atoms with E-state index < -0.39 is 23.5 Å². The van der Waals surface area contributed by atoms with Gasteiger partial charge in [-0.3, -0.25) is 4.79 Å². The maximum atomic E-state index is 13.7. The maximum absolute atomic E-state index is 13.7. The molecule has 0 aliphatic carbocycles. The summed E-state index contributed by atoms with van der Waals surface area (Å²) in [5.41, 5.74) is 0.847. The molecule has 21 heavy (non-hydrogen) atoms. The fourth-order valence-corrected chi connectivity index (χ4v) is 2.31. The van der Waals surface area contributed by atoms with Gasteiger partial charge < -0.3 is 5.11 Å². The summed E-state index contributed by atoms with van der Waals surface area (Å²) in [6.07, 6.45) is 0.157. The standard InChI is InChI=1S/C16H13ClF2O2/c17-13-5-4-11(15(19)9-13)8-12(16(20)21)6-10-2-1-3-14(18)7-10/h1-5,7,9,12H,6,8H2,(H,20,21). The van der Waals surface area contributed by atoms with Gasteiger partial charge in [-0.15, -0.1) is 0 Å². The molecule has 0 bridgehead atoms. The highest BCUT2D eigenvalue weighted by Gasteiger charge is 2.20. The first-order valence-electron chi connectivity index (χ1n) is 6.37. The SMILES string of the molecule is O=C(O)C(Cc1cccc(F)c1)Cc1ccc(Cl)cc1F. The molecular weight excluding hydrogens is 298 g/mol. The Hall–Kier alpha value is -1.94. The van der Waals surface area contributed by atoms with Crippen molar-refractivity contribution < 1.29 is 18.7 Å². The van der Waals surface area contributed by atoms with Gasteiger partial charge in [0.05, 0.1) is 5.92 Å². The average Bonchev–Trinajstić information content (AvgIpc) is 2.40. The van der Waals surface area contributed by atoms with Crippen LogP contribution in [-0.2, 0) is 17.6 Å². The lowest BCUT2D eigenvalue weighted by Crippen LogP contribution is -2.19. The van der Waals surface area contributed by atoms with Crippen molar-refractivity contribution in [3.63, 3.8) is 0 Å². The lowest BCUT2D eigenvalue weighted by molar-refractivity contribution is -0.141. The molecular formula is C16H13ClF2O2. The third kappa shape index (κ3) is 4.26. The summed E-state index contributed by atoms with van der Waals surface area (Å²) in [6, 6.07) is 9.88. The molecule has 110 valence electrons. The van der Waals surface area contributed by atoms with E-state index in [1.165, 1.54) is 30.3 Å². The average molecular weight is 311 g/mol. The van der Waals surface area contributed by atoms with E-state index in [1.807, 2.05) is 0 Å². The lowest BCUT2D eigenvalue weighted by atomic mass is 9.92. The van der Waals surface area contributed by atoms with Crippen LogP contribution in [0.25, 0.3) is 0 Å². The fourth-order valence-electron chi connectivity index (χ4n) is 2.15. The van der Waals surface area contributed by atoms with Gasteiger partial charge in [0, 0.05) is 5.02 Å². The summed E-state index contributed by atoms with van der Waals surface area (Å²) < 4.78 is 26.9. The zero-order valence-corrected chi connectivity index (χ0v) is 11.8. The summed E-state index contributed by atoms with van der Waals surface area (Å²) in [4.78, 5) is 11.3. The predicted octanol–water partition coefficient (Wildman–Crippen LogP) is 4.10. The van der Waals surface area contributed by atoms with Gasteiger partial charge in [0.25, 0.3) is 0 Å². The number of aliphatic carboxylic acids is 1. The topological polar surface area (TPSA) is 37.3 Å². The van der Waals surface area contributed by atoms with E-state index in [9.17, 15) is 18.7 Å². The van der Waals surface area contributed by atoms with Gasteiger partial charge in [-0.05, 0) is 48.2 Å². The first-order valence-corrected chi connectivity index (χ1v) is 6.74. The number of rotatable bonds is 5. The molecule has 0 aliphatic rings. The molecule has 0 aliphatic heterocycles.